The molecule has 1 N–H and O–H groups in total. The quantitative estimate of drug-likeness (QED) is 0.850. The molecule has 0 unspecified atom stereocenters. The molecule has 0 aliphatic rings. The predicted molar refractivity (Wildman–Crippen MR) is 84.1 cm³/mol. The van der Waals surface area contributed by atoms with Crippen molar-refractivity contribution in [2.24, 2.45) is 0 Å². The third-order valence-electron chi connectivity index (χ3n) is 3.71. The van der Waals surface area contributed by atoms with Crippen molar-refractivity contribution < 1.29 is 0 Å². The lowest BCUT2D eigenvalue weighted by atomic mass is 9.99. The summed E-state index contributed by atoms with van der Waals surface area (Å²) in [6.07, 6.45) is 1.12. The highest BCUT2D eigenvalue weighted by Crippen LogP contribution is 2.29. The van der Waals surface area contributed by atoms with Crippen LogP contribution in [0.3, 0.4) is 0 Å². The second-order valence-electron chi connectivity index (χ2n) is 5.59. The maximum absolute atomic E-state index is 4.88. The highest BCUT2D eigenvalue weighted by atomic mass is 15.0. The zero-order valence-electron chi connectivity index (χ0n) is 12.7. The summed E-state index contributed by atoms with van der Waals surface area (Å²) in [5.41, 5.74) is 5.03. The van der Waals surface area contributed by atoms with Gasteiger partial charge in [-0.25, -0.2) is 4.98 Å². The van der Waals surface area contributed by atoms with Crippen molar-refractivity contribution in [2.45, 2.75) is 47.0 Å². The molecule has 0 atom stereocenters. The number of aromatic nitrogens is 1. The highest BCUT2D eigenvalue weighted by molar-refractivity contribution is 5.85. The molecule has 102 valence electrons. The molecule has 0 bridgehead atoms. The summed E-state index contributed by atoms with van der Waals surface area (Å²) >= 11 is 0. The van der Waals surface area contributed by atoms with Gasteiger partial charge in [0.2, 0.25) is 0 Å². The predicted octanol–water partition coefficient (Wildman–Crippen LogP) is 4.80. The van der Waals surface area contributed by atoms with E-state index in [0.29, 0.717) is 5.92 Å². The van der Waals surface area contributed by atoms with E-state index in [4.69, 9.17) is 4.98 Å². The number of nitrogens with one attached hydrogen (secondary N) is 1. The van der Waals surface area contributed by atoms with Crippen LogP contribution in [0.25, 0.3) is 10.9 Å². The van der Waals surface area contributed by atoms with E-state index in [1.165, 1.54) is 22.1 Å². The first-order valence-corrected chi connectivity index (χ1v) is 7.19. The van der Waals surface area contributed by atoms with Gasteiger partial charge in [0.1, 0.15) is 5.82 Å². The molecular formula is C17H24N2. The summed E-state index contributed by atoms with van der Waals surface area (Å²) in [5.74, 6) is 1.54. The zero-order chi connectivity index (χ0) is 14.0. The van der Waals surface area contributed by atoms with E-state index in [1.54, 1.807) is 0 Å². The Morgan fingerprint density at radius 2 is 1.95 bits per heavy atom. The summed E-state index contributed by atoms with van der Waals surface area (Å²) in [4.78, 5) is 4.88. The lowest BCUT2D eigenvalue weighted by molar-refractivity contribution is 0.856. The van der Waals surface area contributed by atoms with Crippen molar-refractivity contribution in [3.8, 4) is 0 Å². The van der Waals surface area contributed by atoms with Crippen LogP contribution in [0.4, 0.5) is 5.82 Å². The van der Waals surface area contributed by atoms with Crippen LogP contribution in [0.5, 0.6) is 0 Å². The average molecular weight is 256 g/mol. The van der Waals surface area contributed by atoms with E-state index in [2.05, 4.69) is 58.1 Å². The molecule has 2 heteroatoms. The van der Waals surface area contributed by atoms with Gasteiger partial charge in [0, 0.05) is 11.9 Å². The normalized spacial score (nSPS) is 11.3. The first-order valence-electron chi connectivity index (χ1n) is 7.19. The summed E-state index contributed by atoms with van der Waals surface area (Å²) in [6, 6.07) is 6.65. The van der Waals surface area contributed by atoms with E-state index in [-0.39, 0.29) is 0 Å². The lowest BCUT2D eigenvalue weighted by Gasteiger charge is -2.16. The SMILES string of the molecule is CCCNc1nc2c(C)c(C)ccc2cc1C(C)C. The lowest BCUT2D eigenvalue weighted by Crippen LogP contribution is -2.07. The summed E-state index contributed by atoms with van der Waals surface area (Å²) in [5, 5.41) is 4.72. The fraction of sp³-hybridized carbons (Fsp3) is 0.471. The first-order chi connectivity index (χ1) is 9.04. The minimum atomic E-state index is 0.484. The van der Waals surface area contributed by atoms with Crippen molar-refractivity contribution in [3.05, 3.63) is 34.9 Å². The molecule has 0 aliphatic heterocycles. The van der Waals surface area contributed by atoms with Crippen LogP contribution >= 0.6 is 0 Å². The van der Waals surface area contributed by atoms with Gasteiger partial charge in [0.25, 0.3) is 0 Å². The Bertz CT molecular complexity index is 585. The summed E-state index contributed by atoms with van der Waals surface area (Å²) < 4.78 is 0. The molecule has 19 heavy (non-hydrogen) atoms. The largest absolute Gasteiger partial charge is 0.370 e. The zero-order valence-corrected chi connectivity index (χ0v) is 12.7. The van der Waals surface area contributed by atoms with E-state index in [1.807, 2.05) is 0 Å². The molecule has 2 nitrogen and oxygen atoms in total. The van der Waals surface area contributed by atoms with Crippen LogP contribution in [0, 0.1) is 13.8 Å². The number of hydrogen-bond donors (Lipinski definition) is 1. The van der Waals surface area contributed by atoms with E-state index in [0.717, 1.165) is 24.3 Å². The van der Waals surface area contributed by atoms with E-state index in [9.17, 15) is 0 Å². The Morgan fingerprint density at radius 1 is 1.21 bits per heavy atom. The van der Waals surface area contributed by atoms with Gasteiger partial charge < -0.3 is 5.32 Å². The molecule has 2 rings (SSSR count). The van der Waals surface area contributed by atoms with Gasteiger partial charge >= 0.3 is 0 Å². The molecule has 1 heterocycles. The Morgan fingerprint density at radius 3 is 2.58 bits per heavy atom. The van der Waals surface area contributed by atoms with Crippen molar-refractivity contribution in [2.75, 3.05) is 11.9 Å². The molecule has 2 aromatic rings. The Kier molecular flexibility index (Phi) is 4.08. The first kappa shape index (κ1) is 13.9. The van der Waals surface area contributed by atoms with E-state index < -0.39 is 0 Å². The van der Waals surface area contributed by atoms with Crippen molar-refractivity contribution in [1.29, 1.82) is 0 Å². The number of nitrogens with zero attached hydrogens (tertiary/aromatic N) is 1. The standard InChI is InChI=1S/C17H24N2/c1-6-9-18-17-15(11(2)3)10-14-8-7-12(4)13(5)16(14)19-17/h7-8,10-11H,6,9H2,1-5H3,(H,18,19). The molecule has 0 saturated heterocycles. The second-order valence-corrected chi connectivity index (χ2v) is 5.59. The van der Waals surface area contributed by atoms with E-state index >= 15 is 0 Å². The van der Waals surface area contributed by atoms with Crippen LogP contribution in [0.2, 0.25) is 0 Å². The Hall–Kier alpha value is -1.57. The Balaban J connectivity index is 2.62. The molecule has 0 aliphatic carbocycles. The molecule has 1 aromatic heterocycles. The molecule has 0 saturated carbocycles. The van der Waals surface area contributed by atoms with Crippen molar-refractivity contribution in [3.63, 3.8) is 0 Å². The third kappa shape index (κ3) is 2.73. The van der Waals surface area contributed by atoms with Crippen molar-refractivity contribution in [1.82, 2.24) is 4.98 Å². The van der Waals surface area contributed by atoms with Gasteiger partial charge in [-0.3, -0.25) is 0 Å². The maximum Gasteiger partial charge on any atom is 0.130 e. The topological polar surface area (TPSA) is 24.9 Å². The summed E-state index contributed by atoms with van der Waals surface area (Å²) in [6.45, 7) is 11.9. The van der Waals surface area contributed by atoms with Gasteiger partial charge in [-0.15, -0.1) is 0 Å². The number of rotatable bonds is 4. The van der Waals surface area contributed by atoms with Gasteiger partial charge in [-0.05, 0) is 48.9 Å². The van der Waals surface area contributed by atoms with Crippen LogP contribution in [0.1, 0.15) is 49.8 Å². The van der Waals surface area contributed by atoms with Gasteiger partial charge in [0.05, 0.1) is 5.52 Å². The van der Waals surface area contributed by atoms with Crippen LogP contribution < -0.4 is 5.32 Å². The maximum atomic E-state index is 4.88. The molecule has 0 fully saturated rings. The third-order valence-corrected chi connectivity index (χ3v) is 3.71. The number of anilines is 1. The minimum Gasteiger partial charge on any atom is -0.370 e. The highest BCUT2D eigenvalue weighted by Gasteiger charge is 2.11. The van der Waals surface area contributed by atoms with Gasteiger partial charge in [0.15, 0.2) is 0 Å². The fourth-order valence-electron chi connectivity index (χ4n) is 2.32. The number of pyridine rings is 1. The number of benzene rings is 1. The Labute approximate surface area is 116 Å². The molecule has 0 radical (unpaired) electrons. The van der Waals surface area contributed by atoms with Crippen LogP contribution in [0.15, 0.2) is 18.2 Å². The molecule has 1 aromatic carbocycles. The molecule has 0 amide bonds. The van der Waals surface area contributed by atoms with Crippen LogP contribution in [-0.4, -0.2) is 11.5 Å². The number of aryl methyl sites for hydroxylation is 2. The average Bonchev–Trinajstić information content (AvgIpc) is 2.40. The summed E-state index contributed by atoms with van der Waals surface area (Å²) in [7, 11) is 0. The monoisotopic (exact) mass is 256 g/mol. The van der Waals surface area contributed by atoms with Crippen LogP contribution in [-0.2, 0) is 0 Å². The number of hydrogen-bond acceptors (Lipinski definition) is 2. The molecule has 0 spiro atoms. The molecular weight excluding hydrogens is 232 g/mol. The second kappa shape index (κ2) is 5.60. The van der Waals surface area contributed by atoms with Crippen molar-refractivity contribution >= 4 is 16.7 Å². The fourth-order valence-corrected chi connectivity index (χ4v) is 2.32. The number of fused-ring (bicyclic) bond motifs is 1. The minimum absolute atomic E-state index is 0.484. The smallest absolute Gasteiger partial charge is 0.130 e. The van der Waals surface area contributed by atoms with Gasteiger partial charge in [-0.2, -0.15) is 0 Å². The van der Waals surface area contributed by atoms with Gasteiger partial charge in [-0.1, -0.05) is 32.9 Å².